The number of rotatable bonds is 22. The Balaban J connectivity index is 3.27. The van der Waals surface area contributed by atoms with Crippen molar-refractivity contribution in [2.24, 2.45) is 0 Å². The van der Waals surface area contributed by atoms with Crippen molar-refractivity contribution in [3.05, 3.63) is 24.3 Å². The van der Waals surface area contributed by atoms with Gasteiger partial charge in [0.15, 0.2) is 6.79 Å². The van der Waals surface area contributed by atoms with Crippen molar-refractivity contribution in [3.63, 3.8) is 0 Å². The molecule has 0 rings (SSSR count). The Morgan fingerprint density at radius 2 is 1.10 bits per heavy atom. The van der Waals surface area contributed by atoms with Gasteiger partial charge >= 0.3 is 5.97 Å². The third kappa shape index (κ3) is 21.4. The molecule has 0 saturated heterocycles. The van der Waals surface area contributed by atoms with Gasteiger partial charge in [-0.1, -0.05) is 122 Å². The molecular weight excluding hydrogens is 360 g/mol. The van der Waals surface area contributed by atoms with Crippen LogP contribution in [0.1, 0.15) is 123 Å². The van der Waals surface area contributed by atoms with Crippen LogP contribution < -0.4 is 0 Å². The quantitative estimate of drug-likeness (QED) is 0.0594. The summed E-state index contributed by atoms with van der Waals surface area (Å²) in [4.78, 5) is 11.8. The zero-order valence-corrected chi connectivity index (χ0v) is 19.6. The van der Waals surface area contributed by atoms with Crippen molar-refractivity contribution in [2.75, 3.05) is 13.4 Å². The van der Waals surface area contributed by atoms with Gasteiger partial charge in [-0.3, -0.25) is 0 Å². The standard InChI is InChI=1S/C26H48O3/c1-5-6-7-8-9-10-11-12-13-14-15-16-17-18-19-20-21-25(4)26(27)29-23-28-22-24(2)3/h2,4-23H2,1,3H3. The lowest BCUT2D eigenvalue weighted by molar-refractivity contribution is -0.150. The molecule has 0 amide bonds. The number of esters is 1. The van der Waals surface area contributed by atoms with Gasteiger partial charge in [0.05, 0.1) is 6.61 Å². The number of hydrogen-bond donors (Lipinski definition) is 0. The SMILES string of the molecule is C=C(C)COCOC(=O)C(=C)CCCCCCCCCCCCCCCCCC. The molecule has 0 aliphatic heterocycles. The van der Waals surface area contributed by atoms with E-state index in [1.54, 1.807) is 0 Å². The van der Waals surface area contributed by atoms with E-state index in [0.717, 1.165) is 24.8 Å². The van der Waals surface area contributed by atoms with E-state index in [0.29, 0.717) is 12.2 Å². The summed E-state index contributed by atoms with van der Waals surface area (Å²) in [6, 6.07) is 0. The minimum atomic E-state index is -0.340. The molecule has 0 aliphatic carbocycles. The van der Waals surface area contributed by atoms with E-state index in [-0.39, 0.29) is 12.8 Å². The van der Waals surface area contributed by atoms with Crippen LogP contribution in [0.3, 0.4) is 0 Å². The van der Waals surface area contributed by atoms with Gasteiger partial charge in [0.25, 0.3) is 0 Å². The summed E-state index contributed by atoms with van der Waals surface area (Å²) in [6.45, 7) is 12.1. The van der Waals surface area contributed by atoms with Gasteiger partial charge in [-0.05, 0) is 19.8 Å². The summed E-state index contributed by atoms with van der Waals surface area (Å²) in [5.74, 6) is -0.340. The number of carbonyl (C=O) groups is 1. The molecule has 0 aromatic heterocycles. The summed E-state index contributed by atoms with van der Waals surface area (Å²) in [5.41, 5.74) is 1.46. The molecule has 0 heterocycles. The lowest BCUT2D eigenvalue weighted by Gasteiger charge is -2.08. The molecule has 0 saturated carbocycles. The molecule has 0 atom stereocenters. The Bertz CT molecular complexity index is 414. The Hall–Kier alpha value is -1.09. The van der Waals surface area contributed by atoms with Crippen molar-refractivity contribution in [1.29, 1.82) is 0 Å². The lowest BCUT2D eigenvalue weighted by Crippen LogP contribution is -2.11. The maximum atomic E-state index is 11.8. The summed E-state index contributed by atoms with van der Waals surface area (Å²) in [6.07, 6.45) is 22.3. The summed E-state index contributed by atoms with van der Waals surface area (Å²) in [7, 11) is 0. The Labute approximate surface area is 181 Å². The van der Waals surface area contributed by atoms with Crippen molar-refractivity contribution >= 4 is 5.97 Å². The van der Waals surface area contributed by atoms with Gasteiger partial charge in [0.1, 0.15) is 0 Å². The van der Waals surface area contributed by atoms with Crippen LogP contribution in [0.15, 0.2) is 24.3 Å². The minimum absolute atomic E-state index is 0.0241. The highest BCUT2D eigenvalue weighted by atomic mass is 16.7. The van der Waals surface area contributed by atoms with Crippen molar-refractivity contribution in [1.82, 2.24) is 0 Å². The van der Waals surface area contributed by atoms with Gasteiger partial charge in [0.2, 0.25) is 0 Å². The van der Waals surface area contributed by atoms with Crippen molar-refractivity contribution in [3.8, 4) is 0 Å². The van der Waals surface area contributed by atoms with E-state index < -0.39 is 0 Å². The molecule has 0 unspecified atom stereocenters. The average molecular weight is 409 g/mol. The Morgan fingerprint density at radius 3 is 1.52 bits per heavy atom. The van der Waals surface area contributed by atoms with E-state index in [1.807, 2.05) is 6.92 Å². The number of carbonyl (C=O) groups excluding carboxylic acids is 1. The Kier molecular flexibility index (Phi) is 20.8. The zero-order chi connectivity index (χ0) is 21.6. The second-order valence-corrected chi connectivity index (χ2v) is 8.51. The molecule has 29 heavy (non-hydrogen) atoms. The van der Waals surface area contributed by atoms with Crippen molar-refractivity contribution < 1.29 is 14.3 Å². The van der Waals surface area contributed by atoms with E-state index in [2.05, 4.69) is 20.1 Å². The fourth-order valence-corrected chi connectivity index (χ4v) is 3.40. The van der Waals surface area contributed by atoms with Crippen LogP contribution >= 0.6 is 0 Å². The normalized spacial score (nSPS) is 10.8. The highest BCUT2D eigenvalue weighted by Crippen LogP contribution is 2.15. The summed E-state index contributed by atoms with van der Waals surface area (Å²) >= 11 is 0. The first kappa shape index (κ1) is 27.9. The van der Waals surface area contributed by atoms with Crippen LogP contribution in [0.4, 0.5) is 0 Å². The molecular formula is C26H48O3. The maximum Gasteiger partial charge on any atom is 0.335 e. The number of ether oxygens (including phenoxy) is 2. The third-order valence-electron chi connectivity index (χ3n) is 5.24. The van der Waals surface area contributed by atoms with E-state index in [9.17, 15) is 4.79 Å². The van der Waals surface area contributed by atoms with Gasteiger partial charge < -0.3 is 9.47 Å². The van der Waals surface area contributed by atoms with E-state index >= 15 is 0 Å². The first-order valence-corrected chi connectivity index (χ1v) is 12.1. The van der Waals surface area contributed by atoms with Crippen LogP contribution in [0, 0.1) is 0 Å². The van der Waals surface area contributed by atoms with Gasteiger partial charge in [-0.25, -0.2) is 4.79 Å². The van der Waals surface area contributed by atoms with Crippen molar-refractivity contribution in [2.45, 2.75) is 123 Å². The molecule has 0 aliphatic rings. The second-order valence-electron chi connectivity index (χ2n) is 8.51. The molecule has 0 spiro atoms. The van der Waals surface area contributed by atoms with Crippen LogP contribution in [0.5, 0.6) is 0 Å². The van der Waals surface area contributed by atoms with Crippen LogP contribution in [-0.2, 0) is 14.3 Å². The molecule has 0 aromatic carbocycles. The summed E-state index contributed by atoms with van der Waals surface area (Å²) < 4.78 is 10.2. The average Bonchev–Trinajstić information content (AvgIpc) is 2.70. The number of hydrogen-bond acceptors (Lipinski definition) is 3. The smallest absolute Gasteiger partial charge is 0.335 e. The van der Waals surface area contributed by atoms with Gasteiger partial charge in [0, 0.05) is 5.57 Å². The molecule has 0 aromatic rings. The monoisotopic (exact) mass is 408 g/mol. The molecule has 3 heteroatoms. The molecule has 0 fully saturated rings. The van der Waals surface area contributed by atoms with Gasteiger partial charge in [-0.2, -0.15) is 0 Å². The largest absolute Gasteiger partial charge is 0.435 e. The number of unbranched alkanes of at least 4 members (excludes halogenated alkanes) is 15. The fourth-order valence-electron chi connectivity index (χ4n) is 3.40. The van der Waals surface area contributed by atoms with E-state index in [1.165, 1.54) is 89.9 Å². The predicted octanol–water partition coefficient (Wildman–Crippen LogP) is 8.29. The van der Waals surface area contributed by atoms with Crippen LogP contribution in [0.25, 0.3) is 0 Å². The molecule has 170 valence electrons. The van der Waals surface area contributed by atoms with Crippen LogP contribution in [0.2, 0.25) is 0 Å². The Morgan fingerprint density at radius 1 is 0.690 bits per heavy atom. The molecule has 0 radical (unpaired) electrons. The van der Waals surface area contributed by atoms with Crippen LogP contribution in [-0.4, -0.2) is 19.4 Å². The van der Waals surface area contributed by atoms with Gasteiger partial charge in [-0.15, -0.1) is 0 Å². The minimum Gasteiger partial charge on any atom is -0.435 e. The molecule has 0 N–H and O–H groups in total. The molecule has 3 nitrogen and oxygen atoms in total. The van der Waals surface area contributed by atoms with E-state index in [4.69, 9.17) is 9.47 Å². The summed E-state index contributed by atoms with van der Waals surface area (Å²) in [5, 5.41) is 0. The predicted molar refractivity (Wildman–Crippen MR) is 125 cm³/mol. The second kappa shape index (κ2) is 21.6. The highest BCUT2D eigenvalue weighted by Gasteiger charge is 2.08. The first-order valence-electron chi connectivity index (χ1n) is 12.1. The topological polar surface area (TPSA) is 35.5 Å². The highest BCUT2D eigenvalue weighted by molar-refractivity contribution is 5.87. The maximum absolute atomic E-state index is 11.8. The third-order valence-corrected chi connectivity index (χ3v) is 5.24. The molecule has 0 bridgehead atoms. The lowest BCUT2D eigenvalue weighted by atomic mass is 10.0. The first-order chi connectivity index (χ1) is 14.1. The fraction of sp³-hybridized carbons (Fsp3) is 0.808. The zero-order valence-electron chi connectivity index (χ0n) is 19.6.